The second-order valence-electron chi connectivity index (χ2n) is 3.28. The Balaban J connectivity index is 2.45. The Morgan fingerprint density at radius 3 is 2.62 bits per heavy atom. The van der Waals surface area contributed by atoms with Gasteiger partial charge in [-0.25, -0.2) is 0 Å². The molecule has 1 unspecified atom stereocenters. The van der Waals surface area contributed by atoms with Crippen LogP contribution in [0.3, 0.4) is 0 Å². The first-order chi connectivity index (χ1) is 7.59. The van der Waals surface area contributed by atoms with Crippen LogP contribution >= 0.6 is 54.8 Å². The molecule has 0 aliphatic carbocycles. The zero-order chi connectivity index (χ0) is 11.7. The minimum absolute atomic E-state index is 0.195. The van der Waals surface area contributed by atoms with Gasteiger partial charge < -0.3 is 5.73 Å². The normalized spacial score (nSPS) is 12.8. The summed E-state index contributed by atoms with van der Waals surface area (Å²) < 4.78 is 2.00. The standard InChI is InChI=1S/C11H8Br2ClNS/c12-6-1-2-8(13)7(5-6)10(15)11-9(14)3-4-16-11/h1-5,10H,15H2. The summed E-state index contributed by atoms with van der Waals surface area (Å²) in [7, 11) is 0. The molecular weight excluding hydrogens is 373 g/mol. The van der Waals surface area contributed by atoms with Crippen molar-refractivity contribution in [3.05, 3.63) is 54.1 Å². The van der Waals surface area contributed by atoms with Gasteiger partial charge in [0, 0.05) is 13.8 Å². The van der Waals surface area contributed by atoms with Crippen molar-refractivity contribution in [3.8, 4) is 0 Å². The lowest BCUT2D eigenvalue weighted by Gasteiger charge is -2.13. The summed E-state index contributed by atoms with van der Waals surface area (Å²) in [4.78, 5) is 0.987. The molecule has 1 atom stereocenters. The average molecular weight is 382 g/mol. The molecule has 1 nitrogen and oxygen atoms in total. The highest BCUT2D eigenvalue weighted by molar-refractivity contribution is 9.11. The molecule has 2 aromatic rings. The molecule has 0 bridgehead atoms. The van der Waals surface area contributed by atoms with Crippen LogP contribution in [0.1, 0.15) is 16.5 Å². The summed E-state index contributed by atoms with van der Waals surface area (Å²) in [6, 6.07) is 7.62. The molecule has 0 saturated carbocycles. The Labute approximate surface area is 120 Å². The van der Waals surface area contributed by atoms with Crippen molar-refractivity contribution in [2.75, 3.05) is 0 Å². The highest BCUT2D eigenvalue weighted by atomic mass is 79.9. The third kappa shape index (κ3) is 2.51. The second-order valence-corrected chi connectivity index (χ2v) is 6.40. The predicted octanol–water partition coefficient (Wildman–Crippen LogP) is 4.97. The van der Waals surface area contributed by atoms with Crippen molar-refractivity contribution < 1.29 is 0 Å². The summed E-state index contributed by atoms with van der Waals surface area (Å²) >= 11 is 14.6. The van der Waals surface area contributed by atoms with Crippen molar-refractivity contribution in [3.63, 3.8) is 0 Å². The number of nitrogens with two attached hydrogens (primary N) is 1. The van der Waals surface area contributed by atoms with Crippen LogP contribution in [0.5, 0.6) is 0 Å². The second kappa shape index (κ2) is 5.19. The maximum absolute atomic E-state index is 6.21. The molecule has 1 aromatic heterocycles. The zero-order valence-electron chi connectivity index (χ0n) is 8.08. The van der Waals surface area contributed by atoms with Crippen LogP contribution in [0, 0.1) is 0 Å². The van der Waals surface area contributed by atoms with Gasteiger partial charge in [0.05, 0.1) is 11.1 Å². The molecule has 0 aliphatic rings. The van der Waals surface area contributed by atoms with Crippen LogP contribution in [-0.2, 0) is 0 Å². The molecule has 0 amide bonds. The van der Waals surface area contributed by atoms with E-state index in [2.05, 4.69) is 31.9 Å². The van der Waals surface area contributed by atoms with Crippen LogP contribution in [0.15, 0.2) is 38.6 Å². The van der Waals surface area contributed by atoms with E-state index in [0.717, 1.165) is 24.4 Å². The van der Waals surface area contributed by atoms with E-state index in [4.69, 9.17) is 17.3 Å². The fraction of sp³-hybridized carbons (Fsp3) is 0.0909. The van der Waals surface area contributed by atoms with Crippen LogP contribution < -0.4 is 5.73 Å². The van der Waals surface area contributed by atoms with Crippen LogP contribution in [0.25, 0.3) is 0 Å². The molecule has 84 valence electrons. The smallest absolute Gasteiger partial charge is 0.0672 e. The fourth-order valence-corrected chi connectivity index (χ4v) is 3.49. The molecule has 1 heterocycles. The van der Waals surface area contributed by atoms with Gasteiger partial charge in [-0.15, -0.1) is 11.3 Å². The molecule has 0 aliphatic heterocycles. The highest BCUT2D eigenvalue weighted by Gasteiger charge is 2.16. The van der Waals surface area contributed by atoms with E-state index in [-0.39, 0.29) is 6.04 Å². The summed E-state index contributed by atoms with van der Waals surface area (Å²) in [5.41, 5.74) is 7.23. The number of hydrogen-bond acceptors (Lipinski definition) is 2. The van der Waals surface area contributed by atoms with Crippen molar-refractivity contribution >= 4 is 54.8 Å². The van der Waals surface area contributed by atoms with Crippen molar-refractivity contribution in [2.45, 2.75) is 6.04 Å². The average Bonchev–Trinajstić information content (AvgIpc) is 2.67. The number of benzene rings is 1. The number of hydrogen-bond donors (Lipinski definition) is 1. The van der Waals surface area contributed by atoms with Crippen LogP contribution in [-0.4, -0.2) is 0 Å². The van der Waals surface area contributed by atoms with E-state index in [1.54, 1.807) is 11.3 Å². The maximum Gasteiger partial charge on any atom is 0.0672 e. The molecule has 1 aromatic carbocycles. The summed E-state index contributed by atoms with van der Waals surface area (Å²) in [6.45, 7) is 0. The van der Waals surface area contributed by atoms with E-state index in [9.17, 15) is 0 Å². The van der Waals surface area contributed by atoms with Crippen LogP contribution in [0.2, 0.25) is 5.02 Å². The highest BCUT2D eigenvalue weighted by Crippen LogP contribution is 2.35. The first kappa shape index (κ1) is 12.6. The van der Waals surface area contributed by atoms with Gasteiger partial charge in [0.2, 0.25) is 0 Å². The largest absolute Gasteiger partial charge is 0.320 e. The van der Waals surface area contributed by atoms with E-state index >= 15 is 0 Å². The monoisotopic (exact) mass is 379 g/mol. The van der Waals surface area contributed by atoms with Crippen molar-refractivity contribution in [2.24, 2.45) is 5.73 Å². The third-order valence-electron chi connectivity index (χ3n) is 2.22. The number of thiophene rings is 1. The van der Waals surface area contributed by atoms with Gasteiger partial charge in [-0.2, -0.15) is 0 Å². The topological polar surface area (TPSA) is 26.0 Å². The predicted molar refractivity (Wildman–Crippen MR) is 77.2 cm³/mol. The molecule has 2 rings (SSSR count). The van der Waals surface area contributed by atoms with Gasteiger partial charge >= 0.3 is 0 Å². The molecule has 0 saturated heterocycles. The SMILES string of the molecule is NC(c1cc(Br)ccc1Br)c1sccc1Cl. The molecular formula is C11H8Br2ClNS. The Kier molecular flexibility index (Phi) is 4.08. The zero-order valence-corrected chi connectivity index (χ0v) is 12.8. The Bertz CT molecular complexity index is 512. The lowest BCUT2D eigenvalue weighted by atomic mass is 10.1. The summed E-state index contributed by atoms with van der Waals surface area (Å²) in [5.74, 6) is 0. The lowest BCUT2D eigenvalue weighted by Crippen LogP contribution is -2.11. The van der Waals surface area contributed by atoms with E-state index in [0.29, 0.717) is 0 Å². The Hall–Kier alpha value is 0.130. The molecule has 2 N–H and O–H groups in total. The Morgan fingerprint density at radius 1 is 1.25 bits per heavy atom. The summed E-state index contributed by atoms with van der Waals surface area (Å²) in [6.07, 6.45) is 0. The minimum Gasteiger partial charge on any atom is -0.320 e. The van der Waals surface area contributed by atoms with E-state index in [1.807, 2.05) is 29.6 Å². The van der Waals surface area contributed by atoms with E-state index < -0.39 is 0 Å². The van der Waals surface area contributed by atoms with Gasteiger partial charge in [-0.05, 0) is 35.2 Å². The Morgan fingerprint density at radius 2 is 2.00 bits per heavy atom. The molecule has 0 spiro atoms. The molecule has 0 fully saturated rings. The van der Waals surface area contributed by atoms with Gasteiger partial charge in [-0.1, -0.05) is 43.5 Å². The number of rotatable bonds is 2. The first-order valence-electron chi connectivity index (χ1n) is 4.53. The van der Waals surface area contributed by atoms with Crippen LogP contribution in [0.4, 0.5) is 0 Å². The minimum atomic E-state index is -0.195. The van der Waals surface area contributed by atoms with E-state index in [1.165, 1.54) is 0 Å². The lowest BCUT2D eigenvalue weighted by molar-refractivity contribution is 0.886. The fourth-order valence-electron chi connectivity index (χ4n) is 1.42. The van der Waals surface area contributed by atoms with Gasteiger partial charge in [0.15, 0.2) is 0 Å². The quantitative estimate of drug-likeness (QED) is 0.780. The van der Waals surface area contributed by atoms with Crippen molar-refractivity contribution in [1.29, 1.82) is 0 Å². The number of halogens is 3. The van der Waals surface area contributed by atoms with Gasteiger partial charge in [0.1, 0.15) is 0 Å². The first-order valence-corrected chi connectivity index (χ1v) is 7.37. The summed E-state index contributed by atoms with van der Waals surface area (Å²) in [5, 5.41) is 2.67. The molecule has 16 heavy (non-hydrogen) atoms. The maximum atomic E-state index is 6.21. The molecule has 5 heteroatoms. The van der Waals surface area contributed by atoms with Crippen molar-refractivity contribution in [1.82, 2.24) is 0 Å². The molecule has 0 radical (unpaired) electrons. The van der Waals surface area contributed by atoms with Gasteiger partial charge in [0.25, 0.3) is 0 Å². The third-order valence-corrected chi connectivity index (χ3v) is 4.88. The van der Waals surface area contributed by atoms with Gasteiger partial charge in [-0.3, -0.25) is 0 Å².